The molecule has 0 bridgehead atoms. The quantitative estimate of drug-likeness (QED) is 0.200. The van der Waals surface area contributed by atoms with Crippen LogP contribution in [-0.2, 0) is 26.8 Å². The van der Waals surface area contributed by atoms with Gasteiger partial charge in [0.15, 0.2) is 6.54 Å². The molecule has 0 saturated heterocycles. The van der Waals surface area contributed by atoms with Crippen molar-refractivity contribution in [3.8, 4) is 0 Å². The third-order valence-corrected chi connectivity index (χ3v) is 8.15. The Labute approximate surface area is 226 Å². The molecule has 1 N–H and O–H groups in total. The zero-order chi connectivity index (χ0) is 24.3. The number of hydrogen-bond acceptors (Lipinski definition) is 7. The van der Waals surface area contributed by atoms with Crippen LogP contribution in [0.1, 0.15) is 18.5 Å². The van der Waals surface area contributed by atoms with E-state index in [9.17, 15) is 21.4 Å². The second-order valence-corrected chi connectivity index (χ2v) is 12.1. The van der Waals surface area contributed by atoms with Crippen molar-refractivity contribution in [1.29, 1.82) is 0 Å². The highest BCUT2D eigenvalue weighted by Crippen LogP contribution is 2.46. The van der Waals surface area contributed by atoms with Gasteiger partial charge in [0.25, 0.3) is 10.1 Å². The molecule has 0 spiro atoms. The highest BCUT2D eigenvalue weighted by atomic mass is 127. The largest absolute Gasteiger partial charge is 1.00 e. The van der Waals surface area contributed by atoms with Gasteiger partial charge in [-0.1, -0.05) is 36.0 Å². The van der Waals surface area contributed by atoms with E-state index in [0.717, 1.165) is 32.2 Å². The Hall–Kier alpha value is -1.71. The molecule has 1 aliphatic rings. The van der Waals surface area contributed by atoms with Gasteiger partial charge in [0.1, 0.15) is 0 Å². The topological polar surface area (TPSA) is 119 Å². The molecule has 188 valence electrons. The minimum Gasteiger partial charge on any atom is -1.00 e. The van der Waals surface area contributed by atoms with Crippen LogP contribution in [0.2, 0.25) is 0 Å². The highest BCUT2D eigenvalue weighted by Gasteiger charge is 2.26. The summed E-state index contributed by atoms with van der Waals surface area (Å²) in [5, 5.41) is 1.87. The molecule has 2 aromatic carbocycles. The van der Waals surface area contributed by atoms with Crippen molar-refractivity contribution < 1.29 is 54.5 Å². The number of thioether (sulfide) groups is 1. The summed E-state index contributed by atoms with van der Waals surface area (Å²) in [6.07, 6.45) is 2.42. The SMILES string of the molecule is O=S(=O)([O-])CCCN1C(=Cc2ccc3ccccc3[n+]2CCCS(=O)(=O)O)Sc2ccccc21.[I-]. The third-order valence-electron chi connectivity index (χ3n) is 5.44. The predicted molar refractivity (Wildman–Crippen MR) is 132 cm³/mol. The molecule has 4 rings (SSSR count). The number of aromatic nitrogens is 1. The van der Waals surface area contributed by atoms with Gasteiger partial charge in [-0.3, -0.25) is 4.55 Å². The van der Waals surface area contributed by atoms with Gasteiger partial charge < -0.3 is 33.4 Å². The molecule has 0 saturated carbocycles. The van der Waals surface area contributed by atoms with Crippen molar-refractivity contribution in [3.05, 3.63) is 71.4 Å². The van der Waals surface area contributed by atoms with Gasteiger partial charge in [0.05, 0.1) is 26.6 Å². The number of halogens is 1. The number of nitrogens with zero attached hydrogens (tertiary/aromatic N) is 2. The van der Waals surface area contributed by atoms with E-state index >= 15 is 0 Å². The normalized spacial score (nSPS) is 14.8. The summed E-state index contributed by atoms with van der Waals surface area (Å²) >= 11 is 1.55. The Morgan fingerprint density at radius 1 is 0.943 bits per heavy atom. The first-order valence-electron chi connectivity index (χ1n) is 10.7. The van der Waals surface area contributed by atoms with Crippen LogP contribution in [0.3, 0.4) is 0 Å². The van der Waals surface area contributed by atoms with Gasteiger partial charge in [0.2, 0.25) is 11.2 Å². The standard InChI is InChI=1S/C23H24N2O6S3.HI/c26-33(27,28)15-5-13-24-19(12-11-18-7-1-2-8-20(18)24)17-23-25(14-6-16-34(29,30)31)21-9-3-4-10-22(21)32-23;/h1-4,7-12,17H,5-6,13-16H2,(H-,26,27,28,29,30,31);1H/p-1. The monoisotopic (exact) mass is 647 g/mol. The minimum atomic E-state index is -4.30. The van der Waals surface area contributed by atoms with E-state index in [-0.39, 0.29) is 42.6 Å². The van der Waals surface area contributed by atoms with Crippen molar-refractivity contribution in [1.82, 2.24) is 0 Å². The Bertz CT molecular complexity index is 1460. The van der Waals surface area contributed by atoms with Crippen LogP contribution in [0.25, 0.3) is 17.0 Å². The lowest BCUT2D eigenvalue weighted by Gasteiger charge is -2.20. The first kappa shape index (κ1) is 27.9. The molecule has 1 aliphatic heterocycles. The van der Waals surface area contributed by atoms with E-state index in [2.05, 4.69) is 0 Å². The van der Waals surface area contributed by atoms with Crippen molar-refractivity contribution in [3.63, 3.8) is 0 Å². The van der Waals surface area contributed by atoms with Crippen LogP contribution < -0.4 is 33.4 Å². The van der Waals surface area contributed by atoms with Crippen LogP contribution >= 0.6 is 11.8 Å². The summed E-state index contributed by atoms with van der Waals surface area (Å²) in [5.41, 5.74) is 2.71. The molecule has 3 aromatic rings. The average molecular weight is 648 g/mol. The van der Waals surface area contributed by atoms with Gasteiger partial charge >= 0.3 is 0 Å². The Morgan fingerprint density at radius 3 is 2.40 bits per heavy atom. The second kappa shape index (κ2) is 11.6. The zero-order valence-electron chi connectivity index (χ0n) is 18.6. The van der Waals surface area contributed by atoms with Crippen molar-refractivity contribution >= 4 is 54.7 Å². The third kappa shape index (κ3) is 7.40. The number of anilines is 1. The summed E-state index contributed by atoms with van der Waals surface area (Å²) < 4.78 is 67.0. The number of pyridine rings is 1. The molecule has 0 amide bonds. The zero-order valence-corrected chi connectivity index (χ0v) is 23.2. The van der Waals surface area contributed by atoms with Gasteiger partial charge in [-0.05, 0) is 30.7 Å². The van der Waals surface area contributed by atoms with E-state index in [1.54, 1.807) is 11.8 Å². The first-order chi connectivity index (χ1) is 16.1. The lowest BCUT2D eigenvalue weighted by atomic mass is 10.1. The Balaban J connectivity index is 0.00000342. The van der Waals surface area contributed by atoms with E-state index < -0.39 is 26.0 Å². The lowest BCUT2D eigenvalue weighted by molar-refractivity contribution is -0.673. The lowest BCUT2D eigenvalue weighted by Crippen LogP contribution is -3.00. The molecule has 35 heavy (non-hydrogen) atoms. The van der Waals surface area contributed by atoms with Gasteiger partial charge in [-0.25, -0.2) is 8.42 Å². The summed E-state index contributed by atoms with van der Waals surface area (Å²) in [6.45, 7) is 0.750. The molecule has 2 heterocycles. The molecule has 0 unspecified atom stereocenters. The smallest absolute Gasteiger partial charge is 0.265 e. The molecule has 1 aromatic heterocycles. The van der Waals surface area contributed by atoms with E-state index in [1.807, 2.05) is 76.2 Å². The molecule has 0 radical (unpaired) electrons. The summed E-state index contributed by atoms with van der Waals surface area (Å²) in [6, 6.07) is 19.5. The van der Waals surface area contributed by atoms with Crippen molar-refractivity contribution in [2.75, 3.05) is 23.0 Å². The number of benzene rings is 2. The molecule has 0 aliphatic carbocycles. The maximum atomic E-state index is 11.2. The Morgan fingerprint density at radius 2 is 1.66 bits per heavy atom. The summed E-state index contributed by atoms with van der Waals surface area (Å²) in [5.74, 6) is -0.773. The first-order valence-corrected chi connectivity index (χ1v) is 14.7. The van der Waals surface area contributed by atoms with Crippen molar-refractivity contribution in [2.45, 2.75) is 24.3 Å². The maximum Gasteiger partial charge on any atom is 0.265 e. The Kier molecular flexibility index (Phi) is 9.21. The maximum absolute atomic E-state index is 11.2. The van der Waals surface area contributed by atoms with E-state index in [4.69, 9.17) is 4.55 Å². The molecule has 12 heteroatoms. The fourth-order valence-corrected chi connectivity index (χ4v) is 6.09. The molecular formula is C23H24IN2O6S3-. The van der Waals surface area contributed by atoms with Crippen LogP contribution in [-0.4, -0.2) is 44.0 Å². The molecular weight excluding hydrogens is 623 g/mol. The minimum absolute atomic E-state index is 0. The van der Waals surface area contributed by atoms with E-state index in [0.29, 0.717) is 13.1 Å². The number of rotatable bonds is 9. The van der Waals surface area contributed by atoms with E-state index in [1.165, 1.54) is 0 Å². The number of para-hydroxylation sites is 2. The van der Waals surface area contributed by atoms with Crippen LogP contribution in [0.4, 0.5) is 5.69 Å². The molecule has 8 nitrogen and oxygen atoms in total. The predicted octanol–water partition coefficient (Wildman–Crippen LogP) is 0.255. The highest BCUT2D eigenvalue weighted by molar-refractivity contribution is 8.03. The molecule has 0 fully saturated rings. The average Bonchev–Trinajstić information content (AvgIpc) is 3.10. The summed E-state index contributed by atoms with van der Waals surface area (Å²) in [4.78, 5) is 3.03. The van der Waals surface area contributed by atoms with Crippen LogP contribution in [0.5, 0.6) is 0 Å². The van der Waals surface area contributed by atoms with Crippen LogP contribution in [0.15, 0.2) is 70.6 Å². The van der Waals surface area contributed by atoms with Crippen LogP contribution in [0, 0.1) is 0 Å². The fraction of sp³-hybridized carbons (Fsp3) is 0.261. The molecule has 0 atom stereocenters. The number of aryl methyl sites for hydroxylation is 1. The second-order valence-electron chi connectivity index (χ2n) is 7.93. The van der Waals surface area contributed by atoms with Gasteiger partial charge in [0, 0.05) is 47.2 Å². The number of fused-ring (bicyclic) bond motifs is 2. The summed E-state index contributed by atoms with van der Waals surface area (Å²) in [7, 11) is -8.37. The van der Waals surface area contributed by atoms with Gasteiger partial charge in [-0.15, -0.1) is 0 Å². The fourth-order valence-electron chi connectivity index (χ4n) is 3.98. The number of hydrogen-bond donors (Lipinski definition) is 1. The van der Waals surface area contributed by atoms with Gasteiger partial charge in [-0.2, -0.15) is 13.0 Å². The van der Waals surface area contributed by atoms with Crippen molar-refractivity contribution in [2.24, 2.45) is 0 Å².